The van der Waals surface area contributed by atoms with Crippen molar-refractivity contribution in [2.24, 2.45) is 0 Å². The van der Waals surface area contributed by atoms with Crippen LogP contribution in [0.25, 0.3) is 11.2 Å². The average molecular weight is 527 g/mol. The number of hydrogen-bond donors (Lipinski definition) is 4. The molecule has 3 heterocycles. The monoisotopic (exact) mass is 526 g/mol. The van der Waals surface area contributed by atoms with Gasteiger partial charge < -0.3 is 35.8 Å². The molecule has 2 amide bonds. The van der Waals surface area contributed by atoms with E-state index in [1.165, 1.54) is 18.2 Å². The van der Waals surface area contributed by atoms with E-state index in [1.54, 1.807) is 16.5 Å². The van der Waals surface area contributed by atoms with Crippen LogP contribution in [0.4, 0.5) is 10.6 Å². The lowest BCUT2D eigenvalue weighted by molar-refractivity contribution is -0.0423. The number of carbonyl (C=O) groups is 1. The van der Waals surface area contributed by atoms with Gasteiger partial charge in [0.05, 0.1) is 6.33 Å². The van der Waals surface area contributed by atoms with Crippen LogP contribution in [0.5, 0.6) is 0 Å². The first-order valence-electron chi connectivity index (χ1n) is 12.7. The molecule has 1 aliphatic rings. The number of ether oxygens (including phenoxy) is 1. The highest BCUT2D eigenvalue weighted by Crippen LogP contribution is 2.32. The van der Waals surface area contributed by atoms with Gasteiger partial charge in [-0.15, -0.1) is 0 Å². The van der Waals surface area contributed by atoms with Crippen LogP contribution in [0.1, 0.15) is 38.1 Å². The van der Waals surface area contributed by atoms with Crippen LogP contribution in [-0.2, 0) is 16.7 Å². The Hall–Kier alpha value is -3.32. The third-order valence-electron chi connectivity index (χ3n) is 6.92. The first kappa shape index (κ1) is 27.7. The molecule has 4 atom stereocenters. The molecule has 12 heteroatoms. The molecule has 0 bridgehead atoms. The largest absolute Gasteiger partial charge is 0.387 e. The van der Waals surface area contributed by atoms with E-state index >= 15 is 0 Å². The van der Waals surface area contributed by atoms with E-state index in [4.69, 9.17) is 10.5 Å². The van der Waals surface area contributed by atoms with E-state index < -0.39 is 24.5 Å². The molecule has 4 rings (SSSR count). The maximum atomic E-state index is 12.6. The fraction of sp³-hybridized carbons (Fsp3) is 0.538. The number of amides is 2. The van der Waals surface area contributed by atoms with Gasteiger partial charge in [-0.1, -0.05) is 45.0 Å². The molecule has 2 aromatic heterocycles. The Bertz CT molecular complexity index is 1240. The number of urea groups is 1. The summed E-state index contributed by atoms with van der Waals surface area (Å²) < 4.78 is 7.56. The molecule has 0 unspecified atom stereocenters. The van der Waals surface area contributed by atoms with Gasteiger partial charge in [-0.05, 0) is 23.6 Å². The Kier molecular flexibility index (Phi) is 8.16. The van der Waals surface area contributed by atoms with Gasteiger partial charge in [-0.2, -0.15) is 0 Å². The zero-order valence-corrected chi connectivity index (χ0v) is 22.6. The van der Waals surface area contributed by atoms with E-state index in [-0.39, 0.29) is 17.3 Å². The van der Waals surface area contributed by atoms with Crippen LogP contribution in [-0.4, -0.2) is 97.6 Å². The first-order chi connectivity index (χ1) is 18.0. The maximum absolute atomic E-state index is 12.6. The number of rotatable bonds is 8. The van der Waals surface area contributed by atoms with Crippen LogP contribution >= 0.6 is 0 Å². The van der Waals surface area contributed by atoms with E-state index in [0.29, 0.717) is 37.3 Å². The van der Waals surface area contributed by atoms with Crippen molar-refractivity contribution in [2.75, 3.05) is 39.5 Å². The fourth-order valence-corrected chi connectivity index (χ4v) is 4.42. The van der Waals surface area contributed by atoms with Gasteiger partial charge >= 0.3 is 6.03 Å². The summed E-state index contributed by atoms with van der Waals surface area (Å²) in [4.78, 5) is 28.5. The molecule has 1 fully saturated rings. The SMILES string of the molecule is CN(CCN(C)C(=O)NCc1ccc(C(C)(C)C)cc1)C[C@H]1O[C@@H](n2cnc3c(N)ncnc32)[C@H](O)[C@@H]1O. The number of fused-ring (bicyclic) bond motifs is 1. The lowest BCUT2D eigenvalue weighted by Crippen LogP contribution is -2.43. The summed E-state index contributed by atoms with van der Waals surface area (Å²) >= 11 is 0. The average Bonchev–Trinajstić information content (AvgIpc) is 3.43. The number of carbonyl (C=O) groups excluding carboxylic acids is 1. The summed E-state index contributed by atoms with van der Waals surface area (Å²) in [7, 11) is 3.61. The van der Waals surface area contributed by atoms with E-state index in [0.717, 1.165) is 5.56 Å². The smallest absolute Gasteiger partial charge is 0.317 e. The van der Waals surface area contributed by atoms with Crippen LogP contribution in [0.3, 0.4) is 0 Å². The number of aromatic nitrogens is 4. The van der Waals surface area contributed by atoms with Crippen molar-refractivity contribution < 1.29 is 19.7 Å². The topological polar surface area (TPSA) is 155 Å². The third-order valence-corrected chi connectivity index (χ3v) is 6.92. The number of nitrogens with zero attached hydrogens (tertiary/aromatic N) is 6. The van der Waals surface area contributed by atoms with Crippen molar-refractivity contribution >= 4 is 23.0 Å². The molecule has 38 heavy (non-hydrogen) atoms. The number of aliphatic hydroxyl groups excluding tert-OH is 2. The molecule has 1 aliphatic heterocycles. The van der Waals surface area contributed by atoms with Crippen molar-refractivity contribution in [3.05, 3.63) is 48.0 Å². The number of likely N-dealkylation sites (N-methyl/N-ethyl adjacent to an activating group) is 2. The summed E-state index contributed by atoms with van der Waals surface area (Å²) in [5.41, 5.74) is 9.05. The fourth-order valence-electron chi connectivity index (χ4n) is 4.42. The molecule has 0 saturated carbocycles. The normalized spacial score (nSPS) is 21.8. The van der Waals surface area contributed by atoms with Gasteiger partial charge in [0.2, 0.25) is 0 Å². The molecule has 5 N–H and O–H groups in total. The summed E-state index contributed by atoms with van der Waals surface area (Å²) in [5, 5.41) is 24.3. The molecule has 1 aromatic carbocycles. The van der Waals surface area contributed by atoms with Crippen LogP contribution < -0.4 is 11.1 Å². The minimum absolute atomic E-state index is 0.0872. The Labute approximate surface area is 222 Å². The molecular weight excluding hydrogens is 488 g/mol. The summed E-state index contributed by atoms with van der Waals surface area (Å²) in [6, 6.07) is 8.11. The second-order valence-corrected chi connectivity index (χ2v) is 10.9. The van der Waals surface area contributed by atoms with Gasteiger partial charge in [0.15, 0.2) is 17.7 Å². The van der Waals surface area contributed by atoms with Crippen molar-refractivity contribution in [1.82, 2.24) is 34.6 Å². The van der Waals surface area contributed by atoms with Crippen molar-refractivity contribution in [3.8, 4) is 0 Å². The predicted molar refractivity (Wildman–Crippen MR) is 143 cm³/mol. The summed E-state index contributed by atoms with van der Waals surface area (Å²) in [6.45, 7) is 8.34. The lowest BCUT2D eigenvalue weighted by Gasteiger charge is -2.25. The number of anilines is 1. The van der Waals surface area contributed by atoms with Gasteiger partial charge in [0.25, 0.3) is 0 Å². The molecular formula is C26H38N8O4. The third kappa shape index (κ3) is 6.04. The second-order valence-electron chi connectivity index (χ2n) is 10.9. The predicted octanol–water partition coefficient (Wildman–Crippen LogP) is 1.10. The van der Waals surface area contributed by atoms with Gasteiger partial charge in [-0.3, -0.25) is 4.57 Å². The number of benzene rings is 1. The Morgan fingerprint density at radius 3 is 2.50 bits per heavy atom. The Balaban J connectivity index is 1.25. The van der Waals surface area contributed by atoms with Crippen LogP contribution in [0.2, 0.25) is 0 Å². The number of nitrogens with one attached hydrogen (secondary N) is 1. The highest BCUT2D eigenvalue weighted by Gasteiger charge is 2.44. The first-order valence-corrected chi connectivity index (χ1v) is 12.7. The zero-order valence-electron chi connectivity index (χ0n) is 22.6. The number of imidazole rings is 1. The highest BCUT2D eigenvalue weighted by atomic mass is 16.6. The van der Waals surface area contributed by atoms with E-state index in [2.05, 4.69) is 53.2 Å². The molecule has 12 nitrogen and oxygen atoms in total. The molecule has 0 radical (unpaired) electrons. The summed E-state index contributed by atoms with van der Waals surface area (Å²) in [5.74, 6) is 0.227. The van der Waals surface area contributed by atoms with Crippen molar-refractivity contribution in [2.45, 2.75) is 57.3 Å². The molecule has 3 aromatic rings. The number of nitrogens with two attached hydrogens (primary N) is 1. The maximum Gasteiger partial charge on any atom is 0.317 e. The minimum atomic E-state index is -1.17. The van der Waals surface area contributed by atoms with Crippen molar-refractivity contribution in [3.63, 3.8) is 0 Å². The number of hydrogen-bond acceptors (Lipinski definition) is 9. The lowest BCUT2D eigenvalue weighted by atomic mass is 9.87. The van der Waals surface area contributed by atoms with E-state index in [9.17, 15) is 15.0 Å². The molecule has 0 aliphatic carbocycles. The van der Waals surface area contributed by atoms with E-state index in [1.807, 2.05) is 24.1 Å². The van der Waals surface area contributed by atoms with Crippen LogP contribution in [0, 0.1) is 0 Å². The highest BCUT2D eigenvalue weighted by molar-refractivity contribution is 5.81. The molecule has 206 valence electrons. The number of nitrogen functional groups attached to an aromatic ring is 1. The van der Waals surface area contributed by atoms with Gasteiger partial charge in [-0.25, -0.2) is 19.7 Å². The Morgan fingerprint density at radius 1 is 1.11 bits per heavy atom. The zero-order chi connectivity index (χ0) is 27.6. The van der Waals surface area contributed by atoms with Crippen LogP contribution in [0.15, 0.2) is 36.9 Å². The minimum Gasteiger partial charge on any atom is -0.387 e. The quantitative estimate of drug-likeness (QED) is 0.338. The number of aliphatic hydroxyl groups is 2. The Morgan fingerprint density at radius 2 is 1.82 bits per heavy atom. The molecule has 1 saturated heterocycles. The second kappa shape index (κ2) is 11.2. The molecule has 0 spiro atoms. The summed E-state index contributed by atoms with van der Waals surface area (Å²) in [6.07, 6.45) is -1.01. The van der Waals surface area contributed by atoms with Crippen molar-refractivity contribution in [1.29, 1.82) is 0 Å². The van der Waals surface area contributed by atoms with Gasteiger partial charge in [0.1, 0.15) is 30.2 Å². The standard InChI is InChI=1S/C26H38N8O4/c1-26(2,3)17-8-6-16(7-9-17)12-28-25(37)33(5)11-10-32(4)13-18-20(35)21(36)24(38-18)34-15-31-19-22(27)29-14-30-23(19)34/h6-9,14-15,18,20-21,24,35-36H,10-13H2,1-5H3,(H,28,37)(H2,27,29,30)/t18-,20-,21-,24-/m1/s1. The van der Waals surface area contributed by atoms with Gasteiger partial charge in [0, 0.05) is 33.2 Å².